The first-order chi connectivity index (χ1) is 9.97. The van der Waals surface area contributed by atoms with Gasteiger partial charge in [-0.1, -0.05) is 51.4 Å². The average Bonchev–Trinajstić information content (AvgIpc) is 2.71. The Morgan fingerprint density at radius 2 is 1.10 bits per heavy atom. The number of hydrogen-bond acceptors (Lipinski definition) is 2. The minimum absolute atomic E-state index is 0.119. The molecule has 0 saturated heterocycles. The minimum atomic E-state index is -0.500. The molecule has 3 rings (SSSR count). The smallest absolute Gasteiger partial charge is 0.0630 e. The average molecular weight is 294 g/mol. The molecule has 2 unspecified atom stereocenters. The van der Waals surface area contributed by atoms with Gasteiger partial charge in [-0.25, -0.2) is 0 Å². The van der Waals surface area contributed by atoms with Gasteiger partial charge in [0.15, 0.2) is 0 Å². The predicted molar refractivity (Wildman–Crippen MR) is 86.1 cm³/mol. The molecule has 21 heavy (non-hydrogen) atoms. The first-order valence-electron chi connectivity index (χ1n) is 9.38. The van der Waals surface area contributed by atoms with Crippen molar-refractivity contribution in [3.63, 3.8) is 0 Å². The number of aliphatic hydroxyl groups is 2. The molecular weight excluding hydrogens is 260 g/mol. The molecule has 0 aromatic carbocycles. The summed E-state index contributed by atoms with van der Waals surface area (Å²) in [6.45, 7) is 2.04. The maximum Gasteiger partial charge on any atom is 0.0630 e. The molecule has 0 radical (unpaired) electrons. The zero-order valence-corrected chi connectivity index (χ0v) is 13.9. The van der Waals surface area contributed by atoms with Crippen molar-refractivity contribution in [2.75, 3.05) is 0 Å². The van der Waals surface area contributed by atoms with E-state index in [2.05, 4.69) is 0 Å². The van der Waals surface area contributed by atoms with Crippen LogP contribution < -0.4 is 0 Å². The summed E-state index contributed by atoms with van der Waals surface area (Å²) >= 11 is 0. The molecule has 0 bridgehead atoms. The van der Waals surface area contributed by atoms with E-state index in [1.807, 2.05) is 6.92 Å². The fraction of sp³-hybridized carbons (Fsp3) is 1.00. The van der Waals surface area contributed by atoms with Gasteiger partial charge in [0.1, 0.15) is 0 Å². The SMILES string of the molecule is CC1(O)CC23CCCCCCCCCCC2(CC(O)C3)C1. The van der Waals surface area contributed by atoms with Crippen LogP contribution in [0.25, 0.3) is 0 Å². The lowest BCUT2D eigenvalue weighted by atomic mass is 9.63. The molecule has 2 nitrogen and oxygen atoms in total. The van der Waals surface area contributed by atoms with Crippen LogP contribution in [0.15, 0.2) is 0 Å². The van der Waals surface area contributed by atoms with E-state index in [-0.39, 0.29) is 16.9 Å². The predicted octanol–water partition coefficient (Wildman–Crippen LogP) is 4.57. The normalized spacial score (nSPS) is 49.0. The maximum absolute atomic E-state index is 10.8. The highest BCUT2D eigenvalue weighted by atomic mass is 16.3. The van der Waals surface area contributed by atoms with Gasteiger partial charge >= 0.3 is 0 Å². The minimum Gasteiger partial charge on any atom is -0.393 e. The van der Waals surface area contributed by atoms with Gasteiger partial charge in [-0.05, 0) is 56.3 Å². The standard InChI is InChI=1S/C19H34O2/c1-17(21)14-18-10-8-6-4-2-3-5-7-9-11-19(18,15-17)13-16(20)12-18/h16,20-21H,2-15H2,1H3. The summed E-state index contributed by atoms with van der Waals surface area (Å²) in [5, 5.41) is 21.1. The Labute approximate surface area is 130 Å². The highest BCUT2D eigenvalue weighted by molar-refractivity contribution is 5.15. The molecule has 0 amide bonds. The number of rotatable bonds is 0. The summed E-state index contributed by atoms with van der Waals surface area (Å²) in [5.74, 6) is 0. The first-order valence-corrected chi connectivity index (χ1v) is 9.38. The highest BCUT2D eigenvalue weighted by Gasteiger charge is 2.64. The Morgan fingerprint density at radius 3 is 1.52 bits per heavy atom. The van der Waals surface area contributed by atoms with E-state index in [0.29, 0.717) is 0 Å². The monoisotopic (exact) mass is 294 g/mol. The number of aliphatic hydroxyl groups excluding tert-OH is 1. The van der Waals surface area contributed by atoms with Crippen LogP contribution in [0.4, 0.5) is 0 Å². The molecular formula is C19H34O2. The van der Waals surface area contributed by atoms with Gasteiger partial charge in [-0.2, -0.15) is 0 Å². The van der Waals surface area contributed by atoms with E-state index < -0.39 is 5.60 Å². The Balaban J connectivity index is 1.83. The van der Waals surface area contributed by atoms with Crippen molar-refractivity contribution < 1.29 is 10.2 Å². The van der Waals surface area contributed by atoms with Crippen LogP contribution in [-0.4, -0.2) is 21.9 Å². The lowest BCUT2D eigenvalue weighted by molar-refractivity contribution is 0.0368. The van der Waals surface area contributed by atoms with Crippen molar-refractivity contribution in [1.82, 2.24) is 0 Å². The van der Waals surface area contributed by atoms with Gasteiger partial charge in [-0.3, -0.25) is 0 Å². The van der Waals surface area contributed by atoms with Gasteiger partial charge in [0.05, 0.1) is 11.7 Å². The zero-order chi connectivity index (χ0) is 15.0. The second-order valence-corrected chi connectivity index (χ2v) is 8.80. The molecule has 3 fully saturated rings. The van der Waals surface area contributed by atoms with E-state index in [4.69, 9.17) is 0 Å². The molecule has 122 valence electrons. The third-order valence-electron chi connectivity index (χ3n) is 6.88. The van der Waals surface area contributed by atoms with Crippen LogP contribution in [0.3, 0.4) is 0 Å². The van der Waals surface area contributed by atoms with Crippen LogP contribution >= 0.6 is 0 Å². The molecule has 0 aromatic heterocycles. The van der Waals surface area contributed by atoms with Gasteiger partial charge in [0.2, 0.25) is 0 Å². The van der Waals surface area contributed by atoms with Crippen molar-refractivity contribution in [2.24, 2.45) is 10.8 Å². The summed E-state index contributed by atoms with van der Waals surface area (Å²) in [6, 6.07) is 0. The van der Waals surface area contributed by atoms with Crippen LogP contribution in [-0.2, 0) is 0 Å². The third-order valence-corrected chi connectivity index (χ3v) is 6.88. The summed E-state index contributed by atoms with van der Waals surface area (Å²) in [4.78, 5) is 0. The Kier molecular flexibility index (Phi) is 4.40. The van der Waals surface area contributed by atoms with E-state index in [9.17, 15) is 10.2 Å². The molecule has 0 spiro atoms. The lowest BCUT2D eigenvalue weighted by Crippen LogP contribution is -2.32. The Hall–Kier alpha value is -0.0800. The second-order valence-electron chi connectivity index (χ2n) is 8.80. The highest BCUT2D eigenvalue weighted by Crippen LogP contribution is 2.69. The van der Waals surface area contributed by atoms with Gasteiger partial charge < -0.3 is 10.2 Å². The summed E-state index contributed by atoms with van der Waals surface area (Å²) in [6.07, 6.45) is 16.9. The fourth-order valence-electron chi connectivity index (χ4n) is 6.35. The molecule has 0 aliphatic heterocycles. The zero-order valence-electron chi connectivity index (χ0n) is 13.9. The van der Waals surface area contributed by atoms with Crippen LogP contribution in [0.5, 0.6) is 0 Å². The Morgan fingerprint density at radius 1 is 0.714 bits per heavy atom. The molecule has 0 heterocycles. The third kappa shape index (κ3) is 3.03. The largest absolute Gasteiger partial charge is 0.393 e. The fourth-order valence-corrected chi connectivity index (χ4v) is 6.35. The van der Waals surface area contributed by atoms with Crippen LogP contribution in [0.2, 0.25) is 0 Å². The molecule has 2 atom stereocenters. The molecule has 3 saturated carbocycles. The molecule has 3 aliphatic rings. The second kappa shape index (κ2) is 5.85. The molecule has 2 heteroatoms. The van der Waals surface area contributed by atoms with Gasteiger partial charge in [0, 0.05) is 0 Å². The van der Waals surface area contributed by atoms with Crippen molar-refractivity contribution in [1.29, 1.82) is 0 Å². The Bertz CT molecular complexity index is 333. The summed E-state index contributed by atoms with van der Waals surface area (Å²) in [5.41, 5.74) is -0.0372. The van der Waals surface area contributed by atoms with E-state index in [1.54, 1.807) is 0 Å². The quantitative estimate of drug-likeness (QED) is 0.687. The summed E-state index contributed by atoms with van der Waals surface area (Å²) < 4.78 is 0. The van der Waals surface area contributed by atoms with Crippen molar-refractivity contribution in [3.8, 4) is 0 Å². The van der Waals surface area contributed by atoms with Crippen molar-refractivity contribution >= 4 is 0 Å². The van der Waals surface area contributed by atoms with Gasteiger partial charge in [0.25, 0.3) is 0 Å². The van der Waals surface area contributed by atoms with Gasteiger partial charge in [-0.15, -0.1) is 0 Å². The van der Waals surface area contributed by atoms with Crippen LogP contribution in [0.1, 0.15) is 96.8 Å². The molecule has 0 aromatic rings. The molecule has 3 aliphatic carbocycles. The number of hydrogen-bond donors (Lipinski definition) is 2. The lowest BCUT2D eigenvalue weighted by Gasteiger charge is -2.41. The van der Waals surface area contributed by atoms with E-state index >= 15 is 0 Å². The van der Waals surface area contributed by atoms with Crippen molar-refractivity contribution in [3.05, 3.63) is 0 Å². The maximum atomic E-state index is 10.8. The summed E-state index contributed by atoms with van der Waals surface area (Å²) in [7, 11) is 0. The first kappa shape index (κ1) is 15.8. The molecule has 2 N–H and O–H groups in total. The van der Waals surface area contributed by atoms with Crippen molar-refractivity contribution in [2.45, 2.75) is 109 Å². The van der Waals surface area contributed by atoms with E-state index in [1.165, 1.54) is 64.2 Å². The van der Waals surface area contributed by atoms with Crippen LogP contribution in [0, 0.1) is 10.8 Å². The van der Waals surface area contributed by atoms with E-state index in [0.717, 1.165) is 25.7 Å². The topological polar surface area (TPSA) is 40.5 Å².